The van der Waals surface area contributed by atoms with Crippen LogP contribution in [0.4, 0.5) is 0 Å². The molecule has 12 heteroatoms. The topological polar surface area (TPSA) is 182 Å². The van der Waals surface area contributed by atoms with Gasteiger partial charge in [0, 0.05) is 25.2 Å². The van der Waals surface area contributed by atoms with Gasteiger partial charge in [0.05, 0.1) is 57.3 Å². The second kappa shape index (κ2) is 18.1. The summed E-state index contributed by atoms with van der Waals surface area (Å²) in [6.07, 6.45) is 4.19. The van der Waals surface area contributed by atoms with Crippen LogP contribution in [-0.2, 0) is 14.4 Å². The third-order valence-corrected chi connectivity index (χ3v) is 7.63. The number of carbonyl (C=O) groups is 3. The van der Waals surface area contributed by atoms with Crippen molar-refractivity contribution in [3.63, 3.8) is 0 Å². The maximum atomic E-state index is 11.1. The summed E-state index contributed by atoms with van der Waals surface area (Å²) in [5.41, 5.74) is 0. The molecule has 0 aromatic rings. The van der Waals surface area contributed by atoms with Gasteiger partial charge in [-0.1, -0.05) is 0 Å². The Labute approximate surface area is 225 Å². The van der Waals surface area contributed by atoms with Crippen LogP contribution in [-0.4, -0.2) is 158 Å². The predicted octanol–water partition coefficient (Wildman–Crippen LogP) is -2.21. The lowest BCUT2D eigenvalue weighted by molar-refractivity contribution is -0.125. The monoisotopic (exact) mass is 547 g/mol. The van der Waals surface area contributed by atoms with Gasteiger partial charge in [0.2, 0.25) is 0 Å². The number of ketones is 3. The van der Waals surface area contributed by atoms with Crippen molar-refractivity contribution in [2.45, 2.75) is 89.2 Å². The fourth-order valence-electron chi connectivity index (χ4n) is 5.41. The smallest absolute Gasteiger partial charge is 0.149 e. The zero-order valence-corrected chi connectivity index (χ0v) is 23.1. The van der Waals surface area contributed by atoms with Crippen molar-refractivity contribution in [3.8, 4) is 0 Å². The Morgan fingerprint density at radius 3 is 1.32 bits per heavy atom. The van der Waals surface area contributed by atoms with E-state index < -0.39 is 18.1 Å². The Balaban J connectivity index is 0.000000285. The second-order valence-corrected chi connectivity index (χ2v) is 10.3. The largest absolute Gasteiger partial charge is 0.395 e. The molecule has 0 saturated carbocycles. The molecule has 3 heterocycles. The van der Waals surface area contributed by atoms with Gasteiger partial charge < -0.3 is 30.6 Å². The molecule has 6 atom stereocenters. The van der Waals surface area contributed by atoms with Crippen LogP contribution >= 0.6 is 0 Å². The van der Waals surface area contributed by atoms with Gasteiger partial charge in [-0.15, -0.1) is 0 Å². The third kappa shape index (κ3) is 10.3. The average molecular weight is 548 g/mol. The molecule has 3 aliphatic heterocycles. The second-order valence-electron chi connectivity index (χ2n) is 10.3. The molecule has 12 nitrogen and oxygen atoms in total. The summed E-state index contributed by atoms with van der Waals surface area (Å²) in [7, 11) is 0. The van der Waals surface area contributed by atoms with Gasteiger partial charge >= 0.3 is 0 Å². The first kappa shape index (κ1) is 34.7. The number of rotatable bonds is 11. The first-order valence-corrected chi connectivity index (χ1v) is 13.5. The molecule has 0 aromatic carbocycles. The molecule has 3 rings (SSSR count). The molecule has 0 spiro atoms. The van der Waals surface area contributed by atoms with E-state index in [1.165, 1.54) is 20.8 Å². The molecule has 6 N–H and O–H groups in total. The van der Waals surface area contributed by atoms with Crippen LogP contribution < -0.4 is 0 Å². The van der Waals surface area contributed by atoms with E-state index in [0.717, 1.165) is 38.8 Å². The maximum absolute atomic E-state index is 11.1. The lowest BCUT2D eigenvalue weighted by Crippen LogP contribution is -2.46. The summed E-state index contributed by atoms with van der Waals surface area (Å²) >= 11 is 0. The minimum Gasteiger partial charge on any atom is -0.395 e. The first-order chi connectivity index (χ1) is 18.1. The third-order valence-electron chi connectivity index (χ3n) is 7.63. The van der Waals surface area contributed by atoms with Gasteiger partial charge in [-0.25, -0.2) is 0 Å². The molecule has 0 amide bonds. The number of aliphatic hydroxyl groups excluding tert-OH is 6. The van der Waals surface area contributed by atoms with Gasteiger partial charge in [-0.05, 0) is 66.0 Å². The Bertz CT molecular complexity index is 686. The molecule has 0 aliphatic carbocycles. The Hall–Kier alpha value is -1.35. The van der Waals surface area contributed by atoms with Crippen LogP contribution in [0.5, 0.6) is 0 Å². The summed E-state index contributed by atoms with van der Waals surface area (Å²) in [4.78, 5) is 38.9. The summed E-state index contributed by atoms with van der Waals surface area (Å²) in [6.45, 7) is 6.93. The number of likely N-dealkylation sites (tertiary alicyclic amines) is 3. The first-order valence-electron chi connectivity index (χ1n) is 13.5. The van der Waals surface area contributed by atoms with E-state index in [1.807, 2.05) is 14.7 Å². The predicted molar refractivity (Wildman–Crippen MR) is 140 cm³/mol. The fourth-order valence-corrected chi connectivity index (χ4v) is 5.41. The summed E-state index contributed by atoms with van der Waals surface area (Å²) in [5.74, 6) is -0.0858. The summed E-state index contributed by atoms with van der Waals surface area (Å²) < 4.78 is 0. The highest BCUT2D eigenvalue weighted by Gasteiger charge is 2.33. The zero-order valence-electron chi connectivity index (χ0n) is 23.1. The van der Waals surface area contributed by atoms with Crippen LogP contribution in [0.1, 0.15) is 52.9 Å². The zero-order chi connectivity index (χ0) is 28.8. The molecule has 3 unspecified atom stereocenters. The number of hydrogen-bond donors (Lipinski definition) is 6. The molecule has 222 valence electrons. The van der Waals surface area contributed by atoms with Crippen molar-refractivity contribution in [2.24, 2.45) is 0 Å². The van der Waals surface area contributed by atoms with Crippen molar-refractivity contribution in [1.29, 1.82) is 0 Å². The molecule has 3 aliphatic rings. The van der Waals surface area contributed by atoms with Crippen molar-refractivity contribution < 1.29 is 45.0 Å². The highest BCUT2D eigenvalue weighted by atomic mass is 16.3. The number of β-amino-alcohol motifs (C(OH)–C–C–N with tert-alkyl or cyclic N) is 1. The van der Waals surface area contributed by atoms with E-state index in [1.54, 1.807) is 0 Å². The van der Waals surface area contributed by atoms with E-state index in [-0.39, 0.29) is 68.6 Å². The van der Waals surface area contributed by atoms with Gasteiger partial charge in [0.1, 0.15) is 17.3 Å². The molecular weight excluding hydrogens is 498 g/mol. The lowest BCUT2D eigenvalue weighted by atomic mass is 10.1. The quantitative estimate of drug-likeness (QED) is 0.164. The lowest BCUT2D eigenvalue weighted by Gasteiger charge is -2.28. The van der Waals surface area contributed by atoms with Crippen LogP contribution in [0.3, 0.4) is 0 Å². The van der Waals surface area contributed by atoms with Crippen LogP contribution in [0.15, 0.2) is 0 Å². The molecule has 0 aromatic heterocycles. The van der Waals surface area contributed by atoms with E-state index in [0.29, 0.717) is 19.5 Å². The Kier molecular flexibility index (Phi) is 16.5. The number of aliphatic hydroxyl groups is 6. The van der Waals surface area contributed by atoms with Crippen molar-refractivity contribution >= 4 is 17.3 Å². The Morgan fingerprint density at radius 1 is 0.658 bits per heavy atom. The minimum atomic E-state index is -0.417. The van der Waals surface area contributed by atoms with E-state index >= 15 is 0 Å². The highest BCUT2D eigenvalue weighted by molar-refractivity contribution is 5.82. The van der Waals surface area contributed by atoms with E-state index in [4.69, 9.17) is 25.5 Å². The van der Waals surface area contributed by atoms with Crippen LogP contribution in [0.2, 0.25) is 0 Å². The number of nitrogens with zero attached hydrogens (tertiary/aromatic N) is 3. The molecule has 0 bridgehead atoms. The SMILES string of the molecule is CC(=O)[C@@H](CO)N1CCCC1CO.CC(=O)[C@H](CO)N1CCC(O)C1.CC(=O)[C@H](CO)N1CCCC1CO. The van der Waals surface area contributed by atoms with Crippen molar-refractivity contribution in [3.05, 3.63) is 0 Å². The van der Waals surface area contributed by atoms with E-state index in [9.17, 15) is 19.5 Å². The van der Waals surface area contributed by atoms with E-state index in [2.05, 4.69) is 0 Å². The fraction of sp³-hybridized carbons (Fsp3) is 0.885. The average Bonchev–Trinajstić information content (AvgIpc) is 3.62. The highest BCUT2D eigenvalue weighted by Crippen LogP contribution is 2.21. The molecule has 38 heavy (non-hydrogen) atoms. The van der Waals surface area contributed by atoms with Gasteiger partial charge in [0.25, 0.3) is 0 Å². The number of carbonyl (C=O) groups excluding carboxylic acids is 3. The minimum absolute atomic E-state index is 0.0251. The van der Waals surface area contributed by atoms with Crippen molar-refractivity contribution in [2.75, 3.05) is 59.2 Å². The summed E-state index contributed by atoms with van der Waals surface area (Å²) in [5, 5.41) is 54.2. The Morgan fingerprint density at radius 2 is 1.05 bits per heavy atom. The molecule has 3 saturated heterocycles. The normalized spacial score (nSPS) is 26.6. The number of hydrogen-bond acceptors (Lipinski definition) is 12. The van der Waals surface area contributed by atoms with Crippen LogP contribution in [0.25, 0.3) is 0 Å². The molecule has 0 radical (unpaired) electrons. The molecule has 3 fully saturated rings. The van der Waals surface area contributed by atoms with Gasteiger partial charge in [0.15, 0.2) is 0 Å². The van der Waals surface area contributed by atoms with Gasteiger partial charge in [-0.3, -0.25) is 29.1 Å². The van der Waals surface area contributed by atoms with Crippen LogP contribution in [0, 0.1) is 0 Å². The van der Waals surface area contributed by atoms with Gasteiger partial charge in [-0.2, -0.15) is 0 Å². The number of Topliss-reactive ketones (excluding diaryl/α,β-unsaturated/α-hetero) is 3. The summed E-state index contributed by atoms with van der Waals surface area (Å²) in [6, 6.07) is -1.14. The van der Waals surface area contributed by atoms with Crippen molar-refractivity contribution in [1.82, 2.24) is 14.7 Å². The standard InChI is InChI=1S/2C9H17NO3.C8H15NO3/c2*1-7(13)9(6-12)10-4-2-3-8(10)5-11;1-6(11)8(5-10)9-3-2-7(12)4-9/h2*8-9,11-12H,2-6H2,1H3;7-8,10,12H,2-5H2,1H3/t2*8?,9-;7?,8-/m100/s1. The molecular formula is C26H49N3O9. The maximum Gasteiger partial charge on any atom is 0.149 e.